The Kier molecular flexibility index (Phi) is 2.33. The second-order valence-corrected chi connectivity index (χ2v) is 2.87. The van der Waals surface area contributed by atoms with Gasteiger partial charge >= 0.3 is 0 Å². The van der Waals surface area contributed by atoms with Gasteiger partial charge in [-0.15, -0.1) is 0 Å². The Morgan fingerprint density at radius 1 is 1.46 bits per heavy atom. The van der Waals surface area contributed by atoms with E-state index in [1.165, 1.54) is 5.56 Å². The van der Waals surface area contributed by atoms with Gasteiger partial charge in [-0.3, -0.25) is 0 Å². The highest BCUT2D eigenvalue weighted by Gasteiger charge is 2.13. The van der Waals surface area contributed by atoms with Gasteiger partial charge in [-0.05, 0) is 18.1 Å². The van der Waals surface area contributed by atoms with Gasteiger partial charge in [-0.2, -0.15) is 0 Å². The lowest BCUT2D eigenvalue weighted by atomic mass is 10.0. The average molecular weight is 180 g/mol. The number of hydrogen-bond acceptors (Lipinski definition) is 4. The van der Waals surface area contributed by atoms with Crippen LogP contribution in [0.2, 0.25) is 0 Å². The van der Waals surface area contributed by atoms with Crippen LogP contribution in [0.4, 0.5) is 0 Å². The molecule has 0 aliphatic heterocycles. The summed E-state index contributed by atoms with van der Waals surface area (Å²) < 4.78 is 5.26. The molecule has 0 unspecified atom stereocenters. The summed E-state index contributed by atoms with van der Waals surface area (Å²) in [6.45, 7) is 0. The van der Waals surface area contributed by atoms with Gasteiger partial charge in [-0.1, -0.05) is 5.59 Å². The summed E-state index contributed by atoms with van der Waals surface area (Å²) in [6, 6.07) is 1.99. The summed E-state index contributed by atoms with van der Waals surface area (Å²) in [6.07, 6.45) is 5.49. The SMILES string of the molecule is CNNOC1=Cc2occc2CC1. The first-order valence-electron chi connectivity index (χ1n) is 4.25. The van der Waals surface area contributed by atoms with Crippen LogP contribution < -0.4 is 11.0 Å². The van der Waals surface area contributed by atoms with E-state index in [2.05, 4.69) is 11.0 Å². The fraction of sp³-hybridized carbons (Fsp3) is 0.333. The number of aryl methyl sites for hydroxylation is 1. The number of fused-ring (bicyclic) bond motifs is 1. The van der Waals surface area contributed by atoms with Crippen molar-refractivity contribution < 1.29 is 9.25 Å². The third-order valence-electron chi connectivity index (χ3n) is 2.00. The highest BCUT2D eigenvalue weighted by molar-refractivity contribution is 5.52. The van der Waals surface area contributed by atoms with E-state index in [0.717, 1.165) is 24.4 Å². The van der Waals surface area contributed by atoms with E-state index in [1.54, 1.807) is 13.3 Å². The van der Waals surface area contributed by atoms with Crippen LogP contribution in [0.25, 0.3) is 6.08 Å². The predicted molar refractivity (Wildman–Crippen MR) is 48.3 cm³/mol. The molecule has 0 bridgehead atoms. The molecule has 13 heavy (non-hydrogen) atoms. The second kappa shape index (κ2) is 3.64. The van der Waals surface area contributed by atoms with Gasteiger partial charge in [0, 0.05) is 19.5 Å². The van der Waals surface area contributed by atoms with Crippen molar-refractivity contribution in [2.24, 2.45) is 0 Å². The molecule has 1 aromatic heterocycles. The molecule has 0 amide bonds. The van der Waals surface area contributed by atoms with E-state index in [4.69, 9.17) is 9.25 Å². The van der Waals surface area contributed by atoms with Crippen LogP contribution >= 0.6 is 0 Å². The number of hydrogen-bond donors (Lipinski definition) is 2. The predicted octanol–water partition coefficient (Wildman–Crippen LogP) is 1.22. The zero-order chi connectivity index (χ0) is 9.10. The molecule has 1 heterocycles. The van der Waals surface area contributed by atoms with Crippen molar-refractivity contribution >= 4 is 6.08 Å². The van der Waals surface area contributed by atoms with Crippen LogP contribution in [0, 0.1) is 0 Å². The first kappa shape index (κ1) is 8.34. The maximum Gasteiger partial charge on any atom is 0.133 e. The van der Waals surface area contributed by atoms with Crippen LogP contribution in [0.5, 0.6) is 0 Å². The number of allylic oxidation sites excluding steroid dienone is 1. The lowest BCUT2D eigenvalue weighted by Crippen LogP contribution is -2.27. The Morgan fingerprint density at radius 2 is 2.38 bits per heavy atom. The molecule has 4 nitrogen and oxygen atoms in total. The van der Waals surface area contributed by atoms with Crippen molar-refractivity contribution in [2.75, 3.05) is 7.05 Å². The summed E-state index contributed by atoms with van der Waals surface area (Å²) in [5, 5.41) is 0. The molecule has 0 saturated carbocycles. The van der Waals surface area contributed by atoms with Gasteiger partial charge in [0.25, 0.3) is 0 Å². The minimum Gasteiger partial charge on any atom is -0.465 e. The maximum atomic E-state index is 5.26. The molecule has 0 atom stereocenters. The van der Waals surface area contributed by atoms with Crippen LogP contribution in [0.15, 0.2) is 22.5 Å². The van der Waals surface area contributed by atoms with Gasteiger partial charge in [0.1, 0.15) is 11.5 Å². The largest absolute Gasteiger partial charge is 0.465 e. The average Bonchev–Trinajstić information content (AvgIpc) is 2.61. The molecule has 0 radical (unpaired) electrons. The summed E-state index contributed by atoms with van der Waals surface area (Å²) >= 11 is 0. The monoisotopic (exact) mass is 180 g/mol. The molecule has 0 aromatic carbocycles. The Balaban J connectivity index is 2.08. The maximum absolute atomic E-state index is 5.26. The Hall–Kier alpha value is -1.26. The number of rotatable bonds is 3. The van der Waals surface area contributed by atoms with Crippen molar-refractivity contribution in [1.29, 1.82) is 0 Å². The first-order valence-corrected chi connectivity index (χ1v) is 4.25. The second-order valence-electron chi connectivity index (χ2n) is 2.87. The molecule has 1 aliphatic rings. The molecule has 0 saturated heterocycles. The summed E-state index contributed by atoms with van der Waals surface area (Å²) in [5.41, 5.74) is 6.52. The van der Waals surface area contributed by atoms with Gasteiger partial charge in [0.2, 0.25) is 0 Å². The topological polar surface area (TPSA) is 46.4 Å². The van der Waals surface area contributed by atoms with Crippen LogP contribution in [0.3, 0.4) is 0 Å². The van der Waals surface area contributed by atoms with Crippen LogP contribution in [-0.4, -0.2) is 7.05 Å². The molecule has 4 heteroatoms. The highest BCUT2D eigenvalue weighted by Crippen LogP contribution is 2.24. The normalized spacial score (nSPS) is 15.0. The van der Waals surface area contributed by atoms with E-state index in [9.17, 15) is 0 Å². The fourth-order valence-corrected chi connectivity index (χ4v) is 1.35. The standard InChI is InChI=1S/C9H12N2O2/c1-10-11-13-8-3-2-7-4-5-12-9(7)6-8/h4-6,10-11H,2-3H2,1H3. The molecule has 1 aromatic rings. The van der Waals surface area contributed by atoms with Crippen molar-refractivity contribution in [2.45, 2.75) is 12.8 Å². The smallest absolute Gasteiger partial charge is 0.133 e. The first-order chi connectivity index (χ1) is 6.40. The Bertz CT molecular complexity index is 317. The van der Waals surface area contributed by atoms with Crippen molar-refractivity contribution in [3.05, 3.63) is 29.4 Å². The van der Waals surface area contributed by atoms with Gasteiger partial charge < -0.3 is 9.25 Å². The lowest BCUT2D eigenvalue weighted by Gasteiger charge is -2.12. The molecular formula is C9H12N2O2. The molecule has 2 N–H and O–H groups in total. The van der Waals surface area contributed by atoms with E-state index >= 15 is 0 Å². The van der Waals surface area contributed by atoms with Crippen LogP contribution in [0.1, 0.15) is 17.7 Å². The van der Waals surface area contributed by atoms with E-state index in [-0.39, 0.29) is 0 Å². The summed E-state index contributed by atoms with van der Waals surface area (Å²) in [5.74, 6) is 1.79. The van der Waals surface area contributed by atoms with Crippen molar-refractivity contribution in [3.63, 3.8) is 0 Å². The highest BCUT2D eigenvalue weighted by atomic mass is 16.7. The van der Waals surface area contributed by atoms with Gasteiger partial charge in [-0.25, -0.2) is 5.43 Å². The summed E-state index contributed by atoms with van der Waals surface area (Å²) in [7, 11) is 1.75. The molecule has 70 valence electrons. The zero-order valence-corrected chi connectivity index (χ0v) is 7.46. The Morgan fingerprint density at radius 3 is 3.23 bits per heavy atom. The van der Waals surface area contributed by atoms with E-state index < -0.39 is 0 Å². The van der Waals surface area contributed by atoms with Crippen molar-refractivity contribution in [1.82, 2.24) is 11.0 Å². The molecular weight excluding hydrogens is 168 g/mol. The summed E-state index contributed by atoms with van der Waals surface area (Å²) in [4.78, 5) is 5.20. The van der Waals surface area contributed by atoms with Gasteiger partial charge in [0.05, 0.1) is 6.26 Å². The molecule has 1 aliphatic carbocycles. The minimum absolute atomic E-state index is 0.886. The zero-order valence-electron chi connectivity index (χ0n) is 7.46. The van der Waals surface area contributed by atoms with Gasteiger partial charge in [0.15, 0.2) is 0 Å². The van der Waals surface area contributed by atoms with E-state index in [1.807, 2.05) is 12.1 Å². The quantitative estimate of drug-likeness (QED) is 0.686. The lowest BCUT2D eigenvalue weighted by molar-refractivity contribution is 0.0713. The number of furan rings is 1. The van der Waals surface area contributed by atoms with Crippen molar-refractivity contribution in [3.8, 4) is 0 Å². The van der Waals surface area contributed by atoms with Crippen LogP contribution in [-0.2, 0) is 11.3 Å². The minimum atomic E-state index is 0.886. The fourth-order valence-electron chi connectivity index (χ4n) is 1.35. The third kappa shape index (κ3) is 1.74. The molecule has 2 rings (SSSR count). The molecule has 0 spiro atoms. The Labute approximate surface area is 76.5 Å². The number of nitrogens with one attached hydrogen (secondary N) is 2. The number of hydrazine groups is 1. The molecule has 0 fully saturated rings. The van der Waals surface area contributed by atoms with E-state index in [0.29, 0.717) is 0 Å². The third-order valence-corrected chi connectivity index (χ3v) is 2.00.